The Bertz CT molecular complexity index is 561. The van der Waals surface area contributed by atoms with Crippen LogP contribution in [0.2, 0.25) is 0 Å². The Kier molecular flexibility index (Phi) is 6.12. The van der Waals surface area contributed by atoms with Crippen LogP contribution in [0, 0.1) is 0 Å². The third kappa shape index (κ3) is 4.77. The first-order chi connectivity index (χ1) is 11.0. The SMILES string of the molecule is COC(=O)C[C@H]1C(=O)NCCN1CC(=O)N(C)Cc1ccsc1. The van der Waals surface area contributed by atoms with Gasteiger partial charge in [-0.15, -0.1) is 0 Å². The molecule has 1 N–H and O–H groups in total. The number of likely N-dealkylation sites (N-methyl/N-ethyl adjacent to an activating group) is 1. The number of carbonyl (C=O) groups is 3. The van der Waals surface area contributed by atoms with Gasteiger partial charge in [-0.1, -0.05) is 0 Å². The summed E-state index contributed by atoms with van der Waals surface area (Å²) >= 11 is 1.59. The molecule has 1 fully saturated rings. The van der Waals surface area contributed by atoms with Crippen molar-refractivity contribution in [3.05, 3.63) is 22.4 Å². The molecule has 0 bridgehead atoms. The highest BCUT2D eigenvalue weighted by molar-refractivity contribution is 7.07. The zero-order valence-electron chi connectivity index (χ0n) is 13.3. The van der Waals surface area contributed by atoms with Crippen LogP contribution in [-0.4, -0.2) is 67.4 Å². The Balaban J connectivity index is 1.96. The minimum Gasteiger partial charge on any atom is -0.469 e. The average molecular weight is 339 g/mol. The summed E-state index contributed by atoms with van der Waals surface area (Å²) in [5, 5.41) is 6.68. The van der Waals surface area contributed by atoms with E-state index in [0.717, 1.165) is 5.56 Å². The van der Waals surface area contributed by atoms with E-state index < -0.39 is 12.0 Å². The molecule has 126 valence electrons. The number of rotatable bonds is 6. The molecule has 0 saturated carbocycles. The number of methoxy groups -OCH3 is 1. The van der Waals surface area contributed by atoms with Gasteiger partial charge in [-0.05, 0) is 22.4 Å². The normalized spacial score (nSPS) is 18.3. The van der Waals surface area contributed by atoms with Gasteiger partial charge in [0.1, 0.15) is 6.04 Å². The van der Waals surface area contributed by atoms with Gasteiger partial charge in [0, 0.05) is 26.7 Å². The molecule has 0 aromatic carbocycles. The predicted molar refractivity (Wildman–Crippen MR) is 85.8 cm³/mol. The molecule has 1 atom stereocenters. The second kappa shape index (κ2) is 8.07. The van der Waals surface area contributed by atoms with Crippen molar-refractivity contribution in [1.29, 1.82) is 0 Å². The largest absolute Gasteiger partial charge is 0.469 e. The van der Waals surface area contributed by atoms with Crippen LogP contribution in [0.5, 0.6) is 0 Å². The Labute approximate surface area is 139 Å². The number of carbonyl (C=O) groups excluding carboxylic acids is 3. The Morgan fingerprint density at radius 2 is 2.30 bits per heavy atom. The molecule has 1 saturated heterocycles. The molecule has 23 heavy (non-hydrogen) atoms. The molecule has 0 unspecified atom stereocenters. The fourth-order valence-electron chi connectivity index (χ4n) is 2.45. The maximum atomic E-state index is 12.4. The lowest BCUT2D eigenvalue weighted by atomic mass is 10.1. The van der Waals surface area contributed by atoms with E-state index in [4.69, 9.17) is 0 Å². The molecular formula is C15H21N3O4S. The monoisotopic (exact) mass is 339 g/mol. The van der Waals surface area contributed by atoms with Crippen molar-refractivity contribution in [2.45, 2.75) is 19.0 Å². The van der Waals surface area contributed by atoms with Gasteiger partial charge >= 0.3 is 5.97 Å². The van der Waals surface area contributed by atoms with E-state index in [9.17, 15) is 14.4 Å². The standard InChI is InChI=1S/C15H21N3O4S/c1-17(8-11-3-6-23-10-11)13(19)9-18-5-4-16-15(21)12(18)7-14(20)22-2/h3,6,10,12H,4-5,7-9H2,1-2H3,(H,16,21)/t12-/m0/s1. The lowest BCUT2D eigenvalue weighted by Gasteiger charge is -2.34. The highest BCUT2D eigenvalue weighted by Crippen LogP contribution is 2.12. The van der Waals surface area contributed by atoms with Gasteiger partial charge in [-0.2, -0.15) is 11.3 Å². The van der Waals surface area contributed by atoms with Crippen LogP contribution < -0.4 is 5.32 Å². The maximum Gasteiger partial charge on any atom is 0.307 e. The van der Waals surface area contributed by atoms with Crippen LogP contribution in [0.4, 0.5) is 0 Å². The third-order valence-electron chi connectivity index (χ3n) is 3.79. The molecular weight excluding hydrogens is 318 g/mol. The van der Waals surface area contributed by atoms with E-state index in [1.165, 1.54) is 7.11 Å². The molecule has 1 aromatic heterocycles. The summed E-state index contributed by atoms with van der Waals surface area (Å²) in [4.78, 5) is 39.2. The number of hydrogen-bond donors (Lipinski definition) is 1. The average Bonchev–Trinajstić information content (AvgIpc) is 3.03. The Hall–Kier alpha value is -1.93. The number of ether oxygens (including phenoxy) is 1. The number of esters is 1. The summed E-state index contributed by atoms with van der Waals surface area (Å²) in [5.74, 6) is -0.785. The van der Waals surface area contributed by atoms with Crippen LogP contribution >= 0.6 is 11.3 Å². The minimum absolute atomic E-state index is 0.0517. The molecule has 1 aromatic rings. The lowest BCUT2D eigenvalue weighted by Crippen LogP contribution is -2.58. The molecule has 2 rings (SSSR count). The van der Waals surface area contributed by atoms with Crippen molar-refractivity contribution >= 4 is 29.1 Å². The number of hydrogen-bond acceptors (Lipinski definition) is 6. The van der Waals surface area contributed by atoms with Gasteiger partial charge in [0.25, 0.3) is 0 Å². The van der Waals surface area contributed by atoms with Crippen LogP contribution in [0.1, 0.15) is 12.0 Å². The van der Waals surface area contributed by atoms with Crippen molar-refractivity contribution in [2.75, 3.05) is 33.8 Å². The molecule has 7 nitrogen and oxygen atoms in total. The number of nitrogens with zero attached hydrogens (tertiary/aromatic N) is 2. The first-order valence-corrected chi connectivity index (χ1v) is 8.29. The number of nitrogens with one attached hydrogen (secondary N) is 1. The van der Waals surface area contributed by atoms with Gasteiger partial charge in [-0.3, -0.25) is 19.3 Å². The molecule has 0 aliphatic carbocycles. The highest BCUT2D eigenvalue weighted by Gasteiger charge is 2.33. The Morgan fingerprint density at radius 3 is 2.96 bits per heavy atom. The smallest absolute Gasteiger partial charge is 0.307 e. The third-order valence-corrected chi connectivity index (χ3v) is 4.53. The van der Waals surface area contributed by atoms with Crippen molar-refractivity contribution < 1.29 is 19.1 Å². The van der Waals surface area contributed by atoms with Gasteiger partial charge < -0.3 is 15.0 Å². The summed E-state index contributed by atoms with van der Waals surface area (Å²) in [6, 6.07) is 1.32. The molecule has 0 spiro atoms. The predicted octanol–water partition coefficient (Wildman–Crippen LogP) is 0.0700. The van der Waals surface area contributed by atoms with Crippen LogP contribution in [0.25, 0.3) is 0 Å². The van der Waals surface area contributed by atoms with Crippen molar-refractivity contribution in [2.24, 2.45) is 0 Å². The second-order valence-electron chi connectivity index (χ2n) is 5.44. The topological polar surface area (TPSA) is 79.0 Å². The highest BCUT2D eigenvalue weighted by atomic mass is 32.1. The van der Waals surface area contributed by atoms with Crippen molar-refractivity contribution in [3.63, 3.8) is 0 Å². The second-order valence-corrected chi connectivity index (χ2v) is 6.22. The number of thiophene rings is 1. The van der Waals surface area contributed by atoms with Gasteiger partial charge in [-0.25, -0.2) is 0 Å². The lowest BCUT2D eigenvalue weighted by molar-refractivity contribution is -0.147. The zero-order valence-corrected chi connectivity index (χ0v) is 14.1. The number of piperazine rings is 1. The quantitative estimate of drug-likeness (QED) is 0.742. The first-order valence-electron chi connectivity index (χ1n) is 7.35. The van der Waals surface area contributed by atoms with Crippen LogP contribution in [-0.2, 0) is 25.7 Å². The van der Waals surface area contributed by atoms with E-state index in [1.807, 2.05) is 16.8 Å². The van der Waals surface area contributed by atoms with E-state index >= 15 is 0 Å². The Morgan fingerprint density at radius 1 is 1.52 bits per heavy atom. The molecule has 0 radical (unpaired) electrons. The van der Waals surface area contributed by atoms with Gasteiger partial charge in [0.05, 0.1) is 20.1 Å². The van der Waals surface area contributed by atoms with E-state index in [2.05, 4.69) is 10.1 Å². The summed E-state index contributed by atoms with van der Waals surface area (Å²) in [6.07, 6.45) is -0.0517. The van der Waals surface area contributed by atoms with Gasteiger partial charge in [0.15, 0.2) is 0 Å². The molecule has 2 heterocycles. The summed E-state index contributed by atoms with van der Waals surface area (Å²) in [5.41, 5.74) is 1.08. The minimum atomic E-state index is -0.658. The fourth-order valence-corrected chi connectivity index (χ4v) is 3.11. The van der Waals surface area contributed by atoms with Crippen LogP contribution in [0.15, 0.2) is 16.8 Å². The summed E-state index contributed by atoms with van der Waals surface area (Å²) in [6.45, 7) is 1.64. The van der Waals surface area contributed by atoms with Crippen LogP contribution in [0.3, 0.4) is 0 Å². The molecule has 1 aliphatic heterocycles. The maximum absolute atomic E-state index is 12.4. The van der Waals surface area contributed by atoms with Crippen molar-refractivity contribution in [3.8, 4) is 0 Å². The molecule has 8 heteroatoms. The van der Waals surface area contributed by atoms with Crippen molar-refractivity contribution in [1.82, 2.24) is 15.1 Å². The molecule has 2 amide bonds. The first kappa shape index (κ1) is 17.4. The van der Waals surface area contributed by atoms with E-state index in [1.54, 1.807) is 28.2 Å². The summed E-state index contributed by atoms with van der Waals surface area (Å²) < 4.78 is 4.63. The zero-order chi connectivity index (χ0) is 16.8. The fraction of sp³-hybridized carbons (Fsp3) is 0.533. The molecule has 1 aliphatic rings. The van der Waals surface area contributed by atoms with E-state index in [-0.39, 0.29) is 24.8 Å². The van der Waals surface area contributed by atoms with E-state index in [0.29, 0.717) is 19.6 Å². The van der Waals surface area contributed by atoms with Gasteiger partial charge in [0.2, 0.25) is 11.8 Å². The summed E-state index contributed by atoms with van der Waals surface area (Å²) in [7, 11) is 3.02. The number of amides is 2.